The minimum absolute atomic E-state index is 0.0641. The van der Waals surface area contributed by atoms with Crippen LogP contribution in [0.3, 0.4) is 0 Å². The molecule has 0 amide bonds. The third-order valence-corrected chi connectivity index (χ3v) is 6.40. The van der Waals surface area contributed by atoms with E-state index in [1.165, 1.54) is 0 Å². The molecule has 1 aliphatic heterocycles. The summed E-state index contributed by atoms with van der Waals surface area (Å²) in [5, 5.41) is 0. The predicted octanol–water partition coefficient (Wildman–Crippen LogP) is 3.90. The summed E-state index contributed by atoms with van der Waals surface area (Å²) in [6.07, 6.45) is 0.752. The number of nitrogens with zero attached hydrogens (tertiary/aromatic N) is 1. The minimum atomic E-state index is -3.55. The number of benzene rings is 2. The molecule has 0 aliphatic carbocycles. The fraction of sp³-hybridized carbons (Fsp3) is 0.250. The van der Waals surface area contributed by atoms with Gasteiger partial charge in [0.25, 0.3) is 10.0 Å². The molecule has 3 nitrogen and oxygen atoms in total. The lowest BCUT2D eigenvalue weighted by atomic mass is 10.1. The topological polar surface area (TPSA) is 37.4 Å². The van der Waals surface area contributed by atoms with Gasteiger partial charge in [-0.05, 0) is 49.6 Å². The second-order valence-corrected chi connectivity index (χ2v) is 8.09. The van der Waals surface area contributed by atoms with E-state index in [-0.39, 0.29) is 6.04 Å². The van der Waals surface area contributed by atoms with Crippen LogP contribution in [0.5, 0.6) is 0 Å². The van der Waals surface area contributed by atoms with Gasteiger partial charge in [-0.1, -0.05) is 40.2 Å². The molecule has 0 fully saturated rings. The second kappa shape index (κ2) is 5.14. The van der Waals surface area contributed by atoms with Crippen LogP contribution in [0.2, 0.25) is 0 Å². The van der Waals surface area contributed by atoms with Crippen LogP contribution in [0.25, 0.3) is 0 Å². The van der Waals surface area contributed by atoms with Crippen LogP contribution in [0.1, 0.15) is 18.1 Å². The average molecular weight is 366 g/mol. The van der Waals surface area contributed by atoms with Gasteiger partial charge in [0.2, 0.25) is 0 Å². The van der Waals surface area contributed by atoms with Crippen molar-refractivity contribution in [1.82, 2.24) is 0 Å². The van der Waals surface area contributed by atoms with E-state index >= 15 is 0 Å². The Morgan fingerprint density at radius 1 is 1.19 bits per heavy atom. The Morgan fingerprint density at radius 2 is 1.90 bits per heavy atom. The summed E-state index contributed by atoms with van der Waals surface area (Å²) < 4.78 is 28.5. The lowest BCUT2D eigenvalue weighted by molar-refractivity contribution is 0.583. The van der Waals surface area contributed by atoms with Crippen molar-refractivity contribution in [3.8, 4) is 0 Å². The normalized spacial score (nSPS) is 17.9. The van der Waals surface area contributed by atoms with Gasteiger partial charge in [0.15, 0.2) is 0 Å². The van der Waals surface area contributed by atoms with E-state index in [9.17, 15) is 8.42 Å². The minimum Gasteiger partial charge on any atom is -0.263 e. The highest BCUT2D eigenvalue weighted by Gasteiger charge is 2.36. The number of halogens is 1. The SMILES string of the molecule is Cc1ccc(Br)cc1S(=O)(=O)N1c2ccccc2C[C@H]1C. The van der Waals surface area contributed by atoms with E-state index in [1.54, 1.807) is 10.4 Å². The number of hydrogen-bond acceptors (Lipinski definition) is 2. The number of hydrogen-bond donors (Lipinski definition) is 0. The van der Waals surface area contributed by atoms with Crippen LogP contribution in [0.15, 0.2) is 51.8 Å². The Hall–Kier alpha value is -1.33. The van der Waals surface area contributed by atoms with Gasteiger partial charge >= 0.3 is 0 Å². The van der Waals surface area contributed by atoms with Gasteiger partial charge in [0, 0.05) is 10.5 Å². The summed E-state index contributed by atoms with van der Waals surface area (Å²) in [5.74, 6) is 0. The van der Waals surface area contributed by atoms with Crippen LogP contribution >= 0.6 is 15.9 Å². The summed E-state index contributed by atoms with van der Waals surface area (Å²) in [6.45, 7) is 3.77. The summed E-state index contributed by atoms with van der Waals surface area (Å²) >= 11 is 3.36. The Balaban J connectivity index is 2.17. The predicted molar refractivity (Wildman–Crippen MR) is 88.2 cm³/mol. The molecule has 2 aromatic rings. The molecule has 5 heteroatoms. The Kier molecular flexibility index (Phi) is 3.58. The van der Waals surface area contributed by atoms with E-state index in [4.69, 9.17) is 0 Å². The van der Waals surface area contributed by atoms with Crippen LogP contribution in [-0.4, -0.2) is 14.5 Å². The molecule has 0 bridgehead atoms. The lowest BCUT2D eigenvalue weighted by Gasteiger charge is -2.25. The summed E-state index contributed by atoms with van der Waals surface area (Å²) in [4.78, 5) is 0.362. The molecule has 3 rings (SSSR count). The number of rotatable bonds is 2. The van der Waals surface area contributed by atoms with E-state index < -0.39 is 10.0 Å². The molecule has 1 aliphatic rings. The monoisotopic (exact) mass is 365 g/mol. The molecule has 2 aromatic carbocycles. The van der Waals surface area contributed by atoms with Gasteiger partial charge in [-0.15, -0.1) is 0 Å². The van der Waals surface area contributed by atoms with E-state index in [0.717, 1.165) is 27.7 Å². The first-order valence-corrected chi connectivity index (χ1v) is 9.03. The maximum absolute atomic E-state index is 13.1. The molecular weight excluding hydrogens is 350 g/mol. The first-order chi connectivity index (χ1) is 9.91. The van der Waals surface area contributed by atoms with Crippen LogP contribution < -0.4 is 4.31 Å². The molecule has 0 saturated carbocycles. The molecule has 0 saturated heterocycles. The highest BCUT2D eigenvalue weighted by Crippen LogP contribution is 2.37. The molecule has 0 unspecified atom stereocenters. The molecule has 0 spiro atoms. The highest BCUT2D eigenvalue weighted by atomic mass is 79.9. The van der Waals surface area contributed by atoms with Gasteiger partial charge in [-0.2, -0.15) is 0 Å². The quantitative estimate of drug-likeness (QED) is 0.809. The van der Waals surface area contributed by atoms with Crippen molar-refractivity contribution < 1.29 is 8.42 Å². The highest BCUT2D eigenvalue weighted by molar-refractivity contribution is 9.10. The summed E-state index contributed by atoms with van der Waals surface area (Å²) in [6, 6.07) is 13.0. The van der Waals surface area contributed by atoms with Crippen molar-refractivity contribution >= 4 is 31.6 Å². The van der Waals surface area contributed by atoms with Crippen molar-refractivity contribution in [2.24, 2.45) is 0 Å². The number of fused-ring (bicyclic) bond motifs is 1. The maximum Gasteiger partial charge on any atom is 0.264 e. The van der Waals surface area contributed by atoms with Crippen molar-refractivity contribution in [3.63, 3.8) is 0 Å². The number of anilines is 1. The van der Waals surface area contributed by atoms with Gasteiger partial charge in [0.1, 0.15) is 0 Å². The second-order valence-electron chi connectivity index (χ2n) is 5.39. The zero-order valence-electron chi connectivity index (χ0n) is 11.9. The third kappa shape index (κ3) is 2.38. The number of aryl methyl sites for hydroxylation is 1. The van der Waals surface area contributed by atoms with Gasteiger partial charge in [-0.3, -0.25) is 4.31 Å². The molecule has 21 heavy (non-hydrogen) atoms. The summed E-state index contributed by atoms with van der Waals surface area (Å²) in [5.41, 5.74) is 2.64. The first-order valence-electron chi connectivity index (χ1n) is 6.80. The fourth-order valence-electron chi connectivity index (χ4n) is 2.86. The summed E-state index contributed by atoms with van der Waals surface area (Å²) in [7, 11) is -3.55. The number of sulfonamides is 1. The zero-order chi connectivity index (χ0) is 15.2. The van der Waals surface area contributed by atoms with Crippen LogP contribution in [0.4, 0.5) is 5.69 Å². The third-order valence-electron chi connectivity index (χ3n) is 3.83. The van der Waals surface area contributed by atoms with Gasteiger partial charge in [-0.25, -0.2) is 8.42 Å². The average Bonchev–Trinajstić information content (AvgIpc) is 2.77. The molecular formula is C16H16BrNO2S. The molecule has 1 atom stereocenters. The van der Waals surface area contributed by atoms with Gasteiger partial charge < -0.3 is 0 Å². The van der Waals surface area contributed by atoms with E-state index in [2.05, 4.69) is 15.9 Å². The Bertz CT molecular complexity index is 802. The van der Waals surface area contributed by atoms with Crippen molar-refractivity contribution in [2.75, 3.05) is 4.31 Å². The Morgan fingerprint density at radius 3 is 2.67 bits per heavy atom. The standard InChI is InChI=1S/C16H16BrNO2S/c1-11-7-8-14(17)10-16(11)21(19,20)18-12(2)9-13-5-3-4-6-15(13)18/h3-8,10,12H,9H2,1-2H3/t12-/m1/s1. The molecule has 0 N–H and O–H groups in total. The van der Waals surface area contributed by atoms with Crippen LogP contribution in [0, 0.1) is 6.92 Å². The lowest BCUT2D eigenvalue weighted by Crippen LogP contribution is -2.36. The molecule has 1 heterocycles. The number of para-hydroxylation sites is 1. The van der Waals surface area contributed by atoms with Crippen LogP contribution in [-0.2, 0) is 16.4 Å². The largest absolute Gasteiger partial charge is 0.264 e. The van der Waals surface area contributed by atoms with Crippen molar-refractivity contribution in [1.29, 1.82) is 0 Å². The maximum atomic E-state index is 13.1. The van der Waals surface area contributed by atoms with E-state index in [0.29, 0.717) is 4.90 Å². The first kappa shape index (κ1) is 14.6. The van der Waals surface area contributed by atoms with Crippen molar-refractivity contribution in [3.05, 3.63) is 58.1 Å². The fourth-order valence-corrected chi connectivity index (χ4v) is 5.32. The zero-order valence-corrected chi connectivity index (χ0v) is 14.3. The smallest absolute Gasteiger partial charge is 0.263 e. The molecule has 0 radical (unpaired) electrons. The molecule has 110 valence electrons. The Labute approximate surface area is 133 Å². The van der Waals surface area contributed by atoms with Gasteiger partial charge in [0.05, 0.1) is 10.6 Å². The molecule has 0 aromatic heterocycles. The van der Waals surface area contributed by atoms with Crippen molar-refractivity contribution in [2.45, 2.75) is 31.2 Å². The van der Waals surface area contributed by atoms with E-state index in [1.807, 2.05) is 50.2 Å².